The normalized spacial score (nSPS) is 18.9. The number of hydrogen-bond acceptors (Lipinski definition) is 10. The summed E-state index contributed by atoms with van der Waals surface area (Å²) in [5.74, 6) is -1.86. The summed E-state index contributed by atoms with van der Waals surface area (Å²) in [7, 11) is 2.12. The third-order valence-electron chi connectivity index (χ3n) is 10.7. The third kappa shape index (κ3) is 6.70. The molecule has 0 bridgehead atoms. The summed E-state index contributed by atoms with van der Waals surface area (Å²) in [6.45, 7) is 4.43. The highest BCUT2D eigenvalue weighted by atomic mass is 16.2. The molecule has 0 aliphatic carbocycles. The number of rotatable bonds is 12. The maximum Gasteiger partial charge on any atom is 0.262 e. The van der Waals surface area contributed by atoms with E-state index < -0.39 is 29.7 Å². The van der Waals surface area contributed by atoms with Gasteiger partial charge in [0.1, 0.15) is 11.9 Å². The first-order valence-corrected chi connectivity index (χ1v) is 18.6. The van der Waals surface area contributed by atoms with Crippen LogP contribution in [-0.2, 0) is 16.1 Å². The maximum atomic E-state index is 13.3. The van der Waals surface area contributed by atoms with Crippen molar-refractivity contribution in [1.82, 2.24) is 39.3 Å². The number of fused-ring (bicyclic) bond motifs is 3. The Labute approximate surface area is 311 Å². The zero-order chi connectivity index (χ0) is 37.5. The molecule has 0 radical (unpaired) electrons. The second kappa shape index (κ2) is 14.5. The van der Waals surface area contributed by atoms with Gasteiger partial charge in [0.25, 0.3) is 17.7 Å². The number of aromatic nitrogens is 5. The van der Waals surface area contributed by atoms with E-state index >= 15 is 0 Å². The number of hydrogen-bond donors (Lipinski definition) is 3. The Morgan fingerprint density at radius 3 is 2.59 bits per heavy atom. The molecule has 2 aromatic carbocycles. The van der Waals surface area contributed by atoms with Gasteiger partial charge in [0.15, 0.2) is 5.65 Å². The fourth-order valence-corrected chi connectivity index (χ4v) is 7.82. The van der Waals surface area contributed by atoms with Crippen LogP contribution in [0.4, 0.5) is 11.5 Å². The summed E-state index contributed by atoms with van der Waals surface area (Å²) in [4.78, 5) is 75.8. The second-order valence-corrected chi connectivity index (χ2v) is 14.4. The molecule has 1 unspecified atom stereocenters. The minimum absolute atomic E-state index is 0.0813. The first-order chi connectivity index (χ1) is 26.1. The van der Waals surface area contributed by atoms with Gasteiger partial charge in [-0.3, -0.25) is 43.8 Å². The molecule has 0 saturated carbocycles. The van der Waals surface area contributed by atoms with Crippen molar-refractivity contribution in [3.8, 4) is 0 Å². The Morgan fingerprint density at radius 2 is 1.78 bits per heavy atom. The second-order valence-electron chi connectivity index (χ2n) is 14.4. The van der Waals surface area contributed by atoms with E-state index in [1.165, 1.54) is 0 Å². The van der Waals surface area contributed by atoms with Crippen molar-refractivity contribution in [2.45, 2.75) is 76.9 Å². The average Bonchev–Trinajstić information content (AvgIpc) is 3.92. The van der Waals surface area contributed by atoms with Gasteiger partial charge in [-0.15, -0.1) is 0 Å². The minimum atomic E-state index is -0.985. The predicted octanol–water partition coefficient (Wildman–Crippen LogP) is 4.48. The number of amides is 5. The number of benzene rings is 2. The van der Waals surface area contributed by atoms with Crippen LogP contribution in [-0.4, -0.2) is 89.7 Å². The van der Waals surface area contributed by atoms with Gasteiger partial charge in [-0.2, -0.15) is 5.10 Å². The maximum absolute atomic E-state index is 13.3. The monoisotopic (exact) mass is 730 g/mol. The highest BCUT2D eigenvalue weighted by Crippen LogP contribution is 2.31. The lowest BCUT2D eigenvalue weighted by Gasteiger charge is -2.27. The summed E-state index contributed by atoms with van der Waals surface area (Å²) < 4.78 is 3.89. The van der Waals surface area contributed by atoms with Crippen LogP contribution in [0, 0.1) is 6.92 Å². The first-order valence-electron chi connectivity index (χ1n) is 18.6. The summed E-state index contributed by atoms with van der Waals surface area (Å²) in [6, 6.07) is 9.99. The molecule has 0 spiro atoms. The van der Waals surface area contributed by atoms with Crippen molar-refractivity contribution in [3.63, 3.8) is 0 Å². The van der Waals surface area contributed by atoms with Crippen LogP contribution in [0.3, 0.4) is 0 Å². The van der Waals surface area contributed by atoms with E-state index in [-0.39, 0.29) is 29.9 Å². The van der Waals surface area contributed by atoms with E-state index in [2.05, 4.69) is 32.9 Å². The molecule has 6 heterocycles. The Hall–Kier alpha value is -5.96. The molecule has 5 aromatic rings. The fourth-order valence-electron chi connectivity index (χ4n) is 7.82. The van der Waals surface area contributed by atoms with E-state index in [9.17, 15) is 24.0 Å². The summed E-state index contributed by atoms with van der Waals surface area (Å²) in [5.41, 5.74) is 5.34. The summed E-state index contributed by atoms with van der Waals surface area (Å²) in [6.07, 6.45) is 11.7. The van der Waals surface area contributed by atoms with Gasteiger partial charge in [0.05, 0.1) is 46.5 Å². The number of piperidine rings is 1. The van der Waals surface area contributed by atoms with Crippen molar-refractivity contribution < 1.29 is 24.0 Å². The van der Waals surface area contributed by atoms with Crippen molar-refractivity contribution in [1.29, 1.82) is 0 Å². The Bertz CT molecular complexity index is 2330. The van der Waals surface area contributed by atoms with Gasteiger partial charge in [0.2, 0.25) is 11.8 Å². The number of carbonyl (C=O) groups is 5. The van der Waals surface area contributed by atoms with Crippen LogP contribution in [0.2, 0.25) is 0 Å². The average molecular weight is 731 g/mol. The fraction of sp³-hybridized carbons (Fsp3) is 0.385. The van der Waals surface area contributed by atoms with Crippen molar-refractivity contribution in [2.75, 3.05) is 30.8 Å². The molecular formula is C39H42N10O5. The third-order valence-corrected chi connectivity index (χ3v) is 10.7. The largest absolute Gasteiger partial charge is 0.385 e. The molecule has 278 valence electrons. The van der Waals surface area contributed by atoms with Crippen molar-refractivity contribution >= 4 is 57.6 Å². The van der Waals surface area contributed by atoms with Gasteiger partial charge in [0, 0.05) is 42.3 Å². The molecule has 54 heavy (non-hydrogen) atoms. The lowest BCUT2D eigenvalue weighted by Crippen LogP contribution is -2.54. The number of aryl methyl sites for hydroxylation is 2. The van der Waals surface area contributed by atoms with Gasteiger partial charge in [-0.05, 0) is 83.0 Å². The molecule has 3 N–H and O–H groups in total. The quantitative estimate of drug-likeness (QED) is 0.123. The highest BCUT2D eigenvalue weighted by molar-refractivity contribution is 6.23. The molecule has 5 amide bonds. The van der Waals surface area contributed by atoms with Crippen LogP contribution in [0.1, 0.15) is 99.9 Å². The van der Waals surface area contributed by atoms with E-state index in [0.717, 1.165) is 83.6 Å². The minimum Gasteiger partial charge on any atom is -0.385 e. The van der Waals surface area contributed by atoms with E-state index in [1.54, 1.807) is 30.6 Å². The molecule has 15 heteroatoms. The Morgan fingerprint density at radius 1 is 0.944 bits per heavy atom. The van der Waals surface area contributed by atoms with E-state index in [0.29, 0.717) is 30.5 Å². The molecular weight excluding hydrogens is 688 g/mol. The standard InChI is InChI=1S/C39H42N10O5/c1-23-26-11-9-24(36(51)43-33-22-47-21-29(42-34(47)20-41-33)30-8-7-16-46(30)2)18-32(26)48(45-23)17-6-4-3-5-15-40-25-10-12-27-28(19-25)39(54)49(38(27)53)31-13-14-35(50)44-37(31)52/h9-12,18-22,30-31,40H,3-8,13-17H2,1-2H3,(H,43,51)(H,44,50,52)/t30-,31?/m1/s1. The van der Waals surface area contributed by atoms with Gasteiger partial charge in [-0.25, -0.2) is 9.97 Å². The number of unbranched alkanes of at least 4 members (excludes halogenated alkanes) is 3. The van der Waals surface area contributed by atoms with Gasteiger partial charge in [-0.1, -0.05) is 18.9 Å². The topological polar surface area (TPSA) is 176 Å². The zero-order valence-electron chi connectivity index (χ0n) is 30.3. The predicted molar refractivity (Wildman–Crippen MR) is 200 cm³/mol. The Balaban J connectivity index is 0.823. The number of carbonyl (C=O) groups excluding carboxylic acids is 5. The van der Waals surface area contributed by atoms with E-state index in [4.69, 9.17) is 10.1 Å². The molecule has 2 atom stereocenters. The number of anilines is 2. The molecule has 2 fully saturated rings. The smallest absolute Gasteiger partial charge is 0.262 e. The molecule has 8 rings (SSSR count). The van der Waals surface area contributed by atoms with E-state index in [1.807, 2.05) is 40.4 Å². The van der Waals surface area contributed by atoms with Crippen LogP contribution >= 0.6 is 0 Å². The molecule has 2 saturated heterocycles. The number of imidazole rings is 1. The first kappa shape index (κ1) is 35.1. The van der Waals surface area contributed by atoms with Crippen molar-refractivity contribution in [2.24, 2.45) is 0 Å². The summed E-state index contributed by atoms with van der Waals surface area (Å²) >= 11 is 0. The number of nitrogens with zero attached hydrogens (tertiary/aromatic N) is 7. The highest BCUT2D eigenvalue weighted by Gasteiger charge is 2.44. The molecule has 3 aliphatic heterocycles. The van der Waals surface area contributed by atoms with Crippen LogP contribution < -0.4 is 16.0 Å². The molecule has 3 aromatic heterocycles. The number of nitrogens with one attached hydrogen (secondary N) is 3. The SMILES string of the molecule is Cc1nn(CCCCCCNc2ccc3c(c2)C(=O)N(C2CCC(=O)NC2=O)C3=O)c2cc(C(=O)Nc3cn4cc([C@H]5CCCN5C)nc4cn3)ccc12. The van der Waals surface area contributed by atoms with Gasteiger partial charge >= 0.3 is 0 Å². The Kier molecular flexibility index (Phi) is 9.40. The van der Waals surface area contributed by atoms with Crippen LogP contribution in [0.25, 0.3) is 16.6 Å². The molecule has 15 nitrogen and oxygen atoms in total. The van der Waals surface area contributed by atoms with Gasteiger partial charge < -0.3 is 15.0 Å². The lowest BCUT2D eigenvalue weighted by atomic mass is 10.0. The van der Waals surface area contributed by atoms with Crippen LogP contribution in [0.15, 0.2) is 55.0 Å². The number of imide groups is 2. The zero-order valence-corrected chi connectivity index (χ0v) is 30.3. The van der Waals surface area contributed by atoms with Crippen LogP contribution in [0.5, 0.6) is 0 Å². The molecule has 3 aliphatic rings. The lowest BCUT2D eigenvalue weighted by molar-refractivity contribution is -0.136. The number of likely N-dealkylation sites (tertiary alicyclic amines) is 1. The summed E-state index contributed by atoms with van der Waals surface area (Å²) in [5, 5.41) is 14.3. The van der Waals surface area contributed by atoms with Crippen molar-refractivity contribution in [3.05, 3.63) is 83.1 Å².